The van der Waals surface area contributed by atoms with Crippen LogP contribution in [0, 0.1) is 0 Å². The number of rotatable bonds is 9. The topological polar surface area (TPSA) is 116 Å². The molecule has 0 saturated carbocycles. The number of anilines is 1. The highest BCUT2D eigenvalue weighted by Crippen LogP contribution is 2.33. The van der Waals surface area contributed by atoms with E-state index >= 15 is 0 Å². The van der Waals surface area contributed by atoms with Crippen molar-refractivity contribution in [1.29, 1.82) is 0 Å². The normalized spacial score (nSPS) is 16.7. The fourth-order valence-electron chi connectivity index (χ4n) is 3.64. The molecule has 1 aliphatic rings. The summed E-state index contributed by atoms with van der Waals surface area (Å²) in [7, 11) is -3.76. The number of halogens is 1. The van der Waals surface area contributed by atoms with Gasteiger partial charge in [-0.2, -0.15) is 4.98 Å². The third-order valence-electron chi connectivity index (χ3n) is 5.11. The third kappa shape index (κ3) is 4.57. The SMILES string of the molecule is CCCS(=O)(=O)c1nc2c(n1Cc1ccc(Cl)cc1)C(=O)N(CCCO)C(O)N2CC. The van der Waals surface area contributed by atoms with E-state index in [1.807, 2.05) is 0 Å². The molecule has 31 heavy (non-hydrogen) atoms. The van der Waals surface area contributed by atoms with Gasteiger partial charge in [-0.25, -0.2) is 8.42 Å². The predicted octanol–water partition coefficient (Wildman–Crippen LogP) is 1.71. The van der Waals surface area contributed by atoms with Crippen molar-refractivity contribution in [2.45, 2.75) is 44.7 Å². The van der Waals surface area contributed by atoms with Gasteiger partial charge in [-0.15, -0.1) is 0 Å². The fourth-order valence-corrected chi connectivity index (χ4v) is 5.20. The molecule has 2 N–H and O–H groups in total. The summed E-state index contributed by atoms with van der Waals surface area (Å²) in [5.74, 6) is -0.496. The molecule has 1 aliphatic heterocycles. The van der Waals surface area contributed by atoms with Crippen LogP contribution in [0.15, 0.2) is 29.4 Å². The Morgan fingerprint density at radius 3 is 2.42 bits per heavy atom. The van der Waals surface area contributed by atoms with Gasteiger partial charge in [0.25, 0.3) is 5.91 Å². The Balaban J connectivity index is 2.20. The average Bonchev–Trinajstić information content (AvgIpc) is 3.10. The molecule has 9 nitrogen and oxygen atoms in total. The van der Waals surface area contributed by atoms with Gasteiger partial charge in [0, 0.05) is 24.7 Å². The molecule has 3 rings (SSSR count). The zero-order valence-corrected chi connectivity index (χ0v) is 19.1. The van der Waals surface area contributed by atoms with Crippen LogP contribution in [0.5, 0.6) is 0 Å². The Bertz CT molecular complexity index is 1040. The Morgan fingerprint density at radius 1 is 1.16 bits per heavy atom. The lowest BCUT2D eigenvalue weighted by Crippen LogP contribution is -2.56. The van der Waals surface area contributed by atoms with Gasteiger partial charge in [0.15, 0.2) is 11.5 Å². The van der Waals surface area contributed by atoms with Crippen molar-refractivity contribution in [2.24, 2.45) is 0 Å². The minimum atomic E-state index is -3.76. The summed E-state index contributed by atoms with van der Waals surface area (Å²) in [6, 6.07) is 6.90. The third-order valence-corrected chi connectivity index (χ3v) is 7.18. The Kier molecular flexibility index (Phi) is 7.25. The van der Waals surface area contributed by atoms with Crippen LogP contribution in [0.3, 0.4) is 0 Å². The zero-order valence-electron chi connectivity index (χ0n) is 17.5. The summed E-state index contributed by atoms with van der Waals surface area (Å²) in [6.07, 6.45) is -0.614. The van der Waals surface area contributed by atoms with E-state index in [2.05, 4.69) is 4.98 Å². The van der Waals surface area contributed by atoms with Crippen LogP contribution in [0.1, 0.15) is 42.7 Å². The summed E-state index contributed by atoms with van der Waals surface area (Å²) < 4.78 is 27.4. The van der Waals surface area contributed by atoms with Crippen molar-refractivity contribution in [3.63, 3.8) is 0 Å². The summed E-state index contributed by atoms with van der Waals surface area (Å²) in [5.41, 5.74) is 0.858. The van der Waals surface area contributed by atoms with Crippen LogP contribution >= 0.6 is 11.6 Å². The molecule has 1 aromatic carbocycles. The lowest BCUT2D eigenvalue weighted by Gasteiger charge is -2.40. The molecule has 2 aromatic rings. The summed E-state index contributed by atoms with van der Waals surface area (Å²) in [6.45, 7) is 3.93. The highest BCUT2D eigenvalue weighted by atomic mass is 35.5. The molecule has 0 bridgehead atoms. The molecule has 1 aromatic heterocycles. The van der Waals surface area contributed by atoms with E-state index in [-0.39, 0.29) is 48.5 Å². The molecule has 0 spiro atoms. The van der Waals surface area contributed by atoms with Crippen molar-refractivity contribution in [3.05, 3.63) is 40.5 Å². The molecule has 2 heterocycles. The first-order chi connectivity index (χ1) is 14.7. The molecule has 1 atom stereocenters. The number of aliphatic hydroxyl groups is 2. The van der Waals surface area contributed by atoms with Crippen LogP contribution in [-0.4, -0.2) is 70.8 Å². The maximum atomic E-state index is 13.3. The van der Waals surface area contributed by atoms with E-state index in [0.717, 1.165) is 5.56 Å². The quantitative estimate of drug-likeness (QED) is 0.573. The van der Waals surface area contributed by atoms with Crippen molar-refractivity contribution in [3.8, 4) is 0 Å². The number of imidazole rings is 1. The number of carbonyl (C=O) groups excluding carboxylic acids is 1. The average molecular weight is 471 g/mol. The molecule has 1 amide bonds. The number of benzene rings is 1. The van der Waals surface area contributed by atoms with E-state index in [1.54, 1.807) is 38.1 Å². The monoisotopic (exact) mass is 470 g/mol. The predicted molar refractivity (Wildman–Crippen MR) is 117 cm³/mol. The molecule has 0 aliphatic carbocycles. The maximum Gasteiger partial charge on any atom is 0.277 e. The fraction of sp³-hybridized carbons (Fsp3) is 0.500. The van der Waals surface area contributed by atoms with Crippen LogP contribution in [0.4, 0.5) is 5.82 Å². The van der Waals surface area contributed by atoms with E-state index < -0.39 is 22.1 Å². The van der Waals surface area contributed by atoms with Gasteiger partial charge in [-0.1, -0.05) is 30.7 Å². The molecule has 0 saturated heterocycles. The highest BCUT2D eigenvalue weighted by Gasteiger charge is 2.42. The number of fused-ring (bicyclic) bond motifs is 1. The first kappa shape index (κ1) is 23.5. The summed E-state index contributed by atoms with van der Waals surface area (Å²) in [5, 5.41) is 20.3. The number of carbonyl (C=O) groups is 1. The number of aromatic nitrogens is 2. The van der Waals surface area contributed by atoms with Crippen LogP contribution < -0.4 is 4.90 Å². The van der Waals surface area contributed by atoms with E-state index in [4.69, 9.17) is 11.6 Å². The lowest BCUT2D eigenvalue weighted by atomic mass is 10.2. The first-order valence-electron chi connectivity index (χ1n) is 10.2. The van der Waals surface area contributed by atoms with Gasteiger partial charge in [0.2, 0.25) is 21.3 Å². The number of aliphatic hydroxyl groups excluding tert-OH is 2. The van der Waals surface area contributed by atoms with Crippen molar-refractivity contribution in [2.75, 3.05) is 30.3 Å². The summed E-state index contributed by atoms with van der Waals surface area (Å²) >= 11 is 5.97. The van der Waals surface area contributed by atoms with E-state index in [0.29, 0.717) is 18.0 Å². The minimum absolute atomic E-state index is 0.102. The highest BCUT2D eigenvalue weighted by molar-refractivity contribution is 7.91. The number of nitrogens with zero attached hydrogens (tertiary/aromatic N) is 4. The van der Waals surface area contributed by atoms with Crippen molar-refractivity contribution in [1.82, 2.24) is 14.5 Å². The second-order valence-corrected chi connectivity index (χ2v) is 9.75. The molecule has 1 unspecified atom stereocenters. The minimum Gasteiger partial charge on any atom is -0.396 e. The lowest BCUT2D eigenvalue weighted by molar-refractivity contribution is -0.00104. The van der Waals surface area contributed by atoms with Crippen LogP contribution in [-0.2, 0) is 16.4 Å². The Hall–Kier alpha value is -2.14. The number of hydrogen-bond acceptors (Lipinski definition) is 7. The second kappa shape index (κ2) is 9.56. The van der Waals surface area contributed by atoms with Crippen LogP contribution in [0.25, 0.3) is 0 Å². The number of hydrogen-bond donors (Lipinski definition) is 2. The smallest absolute Gasteiger partial charge is 0.277 e. The van der Waals surface area contributed by atoms with Crippen molar-refractivity contribution < 1.29 is 23.4 Å². The Morgan fingerprint density at radius 2 is 1.84 bits per heavy atom. The molecule has 0 fully saturated rings. The molecule has 11 heteroatoms. The number of sulfone groups is 1. The Labute approximate surface area is 186 Å². The van der Waals surface area contributed by atoms with Crippen molar-refractivity contribution >= 4 is 33.2 Å². The van der Waals surface area contributed by atoms with Crippen LogP contribution in [0.2, 0.25) is 5.02 Å². The van der Waals surface area contributed by atoms with Gasteiger partial charge >= 0.3 is 0 Å². The maximum absolute atomic E-state index is 13.3. The molecular formula is C20H27ClN4O5S. The second-order valence-electron chi connectivity index (χ2n) is 7.31. The first-order valence-corrected chi connectivity index (χ1v) is 12.2. The number of amides is 1. The largest absolute Gasteiger partial charge is 0.396 e. The molecular weight excluding hydrogens is 444 g/mol. The van der Waals surface area contributed by atoms with E-state index in [9.17, 15) is 23.4 Å². The van der Waals surface area contributed by atoms with Gasteiger partial charge in [-0.3, -0.25) is 9.69 Å². The van der Waals surface area contributed by atoms with Gasteiger partial charge in [0.1, 0.15) is 0 Å². The van der Waals surface area contributed by atoms with Gasteiger partial charge < -0.3 is 19.7 Å². The molecule has 0 radical (unpaired) electrons. The standard InChI is InChI=1S/C20H27ClN4O5S/c1-3-12-31(29,30)19-22-17-16(25(19)13-14-6-8-15(21)9-7-14)18(27)24(10-5-11-26)20(28)23(17)4-2/h6-9,20,26,28H,3-5,10-13H2,1-2H3. The van der Waals surface area contributed by atoms with Gasteiger partial charge in [0.05, 0.1) is 12.3 Å². The van der Waals surface area contributed by atoms with Gasteiger partial charge in [-0.05, 0) is 37.5 Å². The summed E-state index contributed by atoms with van der Waals surface area (Å²) in [4.78, 5) is 20.4. The van der Waals surface area contributed by atoms with E-state index in [1.165, 1.54) is 14.4 Å². The molecule has 170 valence electrons. The zero-order chi connectivity index (χ0) is 22.8.